The second-order valence-corrected chi connectivity index (χ2v) is 6.64. The van der Waals surface area contributed by atoms with E-state index >= 15 is 0 Å². The molecular formula is C17H18ClN5O3. The molecule has 1 aliphatic rings. The molecule has 0 aliphatic carbocycles. The van der Waals surface area contributed by atoms with Crippen LogP contribution in [0, 0.1) is 23.0 Å². The number of anilines is 2. The molecule has 26 heavy (non-hydrogen) atoms. The van der Waals surface area contributed by atoms with Gasteiger partial charge in [-0.1, -0.05) is 11.6 Å². The number of carbonyl (C=O) groups is 1. The van der Waals surface area contributed by atoms with E-state index in [1.54, 1.807) is 19.1 Å². The number of halogens is 1. The van der Waals surface area contributed by atoms with Gasteiger partial charge in [-0.3, -0.25) is 14.9 Å². The molecule has 0 unspecified atom stereocenters. The normalized spacial score (nSPS) is 14.9. The summed E-state index contributed by atoms with van der Waals surface area (Å²) in [5.74, 6) is 1.04. The van der Waals surface area contributed by atoms with Gasteiger partial charge in [-0.15, -0.1) is 0 Å². The average molecular weight is 376 g/mol. The van der Waals surface area contributed by atoms with E-state index in [-0.39, 0.29) is 17.5 Å². The van der Waals surface area contributed by atoms with Gasteiger partial charge in [-0.05, 0) is 37.5 Å². The first-order chi connectivity index (χ1) is 12.4. The van der Waals surface area contributed by atoms with Gasteiger partial charge in [0, 0.05) is 31.3 Å². The van der Waals surface area contributed by atoms with Crippen molar-refractivity contribution < 1.29 is 9.72 Å². The molecule has 8 nitrogen and oxygen atoms in total. The fraction of sp³-hybridized carbons (Fsp3) is 0.353. The van der Waals surface area contributed by atoms with E-state index in [0.29, 0.717) is 36.8 Å². The third-order valence-electron chi connectivity index (χ3n) is 4.39. The van der Waals surface area contributed by atoms with Crippen LogP contribution in [0.5, 0.6) is 0 Å². The van der Waals surface area contributed by atoms with Crippen molar-refractivity contribution in [2.24, 2.45) is 5.92 Å². The molecule has 1 amide bonds. The predicted octanol–water partition coefficient (Wildman–Crippen LogP) is 3.20. The molecule has 9 heteroatoms. The fourth-order valence-corrected chi connectivity index (χ4v) is 3.13. The quantitative estimate of drug-likeness (QED) is 0.650. The molecule has 0 atom stereocenters. The van der Waals surface area contributed by atoms with Crippen LogP contribution in [-0.4, -0.2) is 33.9 Å². The highest BCUT2D eigenvalue weighted by molar-refractivity contribution is 6.30. The zero-order valence-corrected chi connectivity index (χ0v) is 14.9. The first kappa shape index (κ1) is 18.1. The van der Waals surface area contributed by atoms with Gasteiger partial charge in [0.2, 0.25) is 5.91 Å². The van der Waals surface area contributed by atoms with Crippen LogP contribution in [0.3, 0.4) is 0 Å². The van der Waals surface area contributed by atoms with Crippen LogP contribution >= 0.6 is 11.6 Å². The number of nitrogens with one attached hydrogen (secondary N) is 1. The molecule has 0 bridgehead atoms. The summed E-state index contributed by atoms with van der Waals surface area (Å²) in [5, 5.41) is 14.1. The minimum absolute atomic E-state index is 0.0176. The third-order valence-corrected chi connectivity index (χ3v) is 4.61. The lowest BCUT2D eigenvalue weighted by Crippen LogP contribution is -2.39. The Labute approximate surface area is 155 Å². The van der Waals surface area contributed by atoms with Crippen LogP contribution in [-0.2, 0) is 4.79 Å². The van der Waals surface area contributed by atoms with E-state index in [0.717, 1.165) is 11.4 Å². The van der Waals surface area contributed by atoms with Gasteiger partial charge >= 0.3 is 0 Å². The number of pyridine rings is 2. The summed E-state index contributed by atoms with van der Waals surface area (Å²) in [7, 11) is 0. The third kappa shape index (κ3) is 4.08. The minimum atomic E-state index is -0.453. The van der Waals surface area contributed by atoms with Crippen molar-refractivity contribution in [1.29, 1.82) is 0 Å². The van der Waals surface area contributed by atoms with E-state index < -0.39 is 4.92 Å². The van der Waals surface area contributed by atoms with Crippen molar-refractivity contribution in [3.05, 3.63) is 51.3 Å². The Morgan fingerprint density at radius 3 is 2.62 bits per heavy atom. The van der Waals surface area contributed by atoms with E-state index in [1.165, 1.54) is 18.5 Å². The summed E-state index contributed by atoms with van der Waals surface area (Å²) >= 11 is 5.79. The molecule has 1 saturated heterocycles. The summed E-state index contributed by atoms with van der Waals surface area (Å²) in [4.78, 5) is 33.1. The lowest BCUT2D eigenvalue weighted by Gasteiger charge is -2.32. The molecule has 136 valence electrons. The molecule has 1 N–H and O–H groups in total. The van der Waals surface area contributed by atoms with Gasteiger partial charge in [0.15, 0.2) is 0 Å². The number of rotatable bonds is 4. The maximum absolute atomic E-state index is 12.4. The standard InChI is InChI=1S/C17H18ClN5O3/c1-11-8-14(23(25)26)10-20-16(11)22-6-4-12(5-7-22)17(24)21-15-3-2-13(18)9-19-15/h2-3,8-10,12H,4-7H2,1H3,(H,19,21,24). The summed E-state index contributed by atoms with van der Waals surface area (Å²) in [5.41, 5.74) is 0.739. The van der Waals surface area contributed by atoms with Crippen molar-refractivity contribution in [2.45, 2.75) is 19.8 Å². The molecule has 3 heterocycles. The summed E-state index contributed by atoms with van der Waals surface area (Å²) in [6.07, 6.45) is 4.12. The van der Waals surface area contributed by atoms with E-state index in [2.05, 4.69) is 20.2 Å². The molecule has 0 saturated carbocycles. The highest BCUT2D eigenvalue weighted by atomic mass is 35.5. The maximum Gasteiger partial charge on any atom is 0.287 e. The fourth-order valence-electron chi connectivity index (χ4n) is 3.02. The maximum atomic E-state index is 12.4. The largest absolute Gasteiger partial charge is 0.356 e. The zero-order chi connectivity index (χ0) is 18.7. The lowest BCUT2D eigenvalue weighted by atomic mass is 9.95. The van der Waals surface area contributed by atoms with Crippen LogP contribution in [0.25, 0.3) is 0 Å². The monoisotopic (exact) mass is 375 g/mol. The highest BCUT2D eigenvalue weighted by Gasteiger charge is 2.27. The Hall–Kier alpha value is -2.74. The molecule has 2 aromatic rings. The number of aromatic nitrogens is 2. The van der Waals surface area contributed by atoms with Crippen molar-refractivity contribution in [3.63, 3.8) is 0 Å². The topological polar surface area (TPSA) is 101 Å². The smallest absolute Gasteiger partial charge is 0.287 e. The molecule has 3 rings (SSSR count). The van der Waals surface area contributed by atoms with Crippen molar-refractivity contribution in [2.75, 3.05) is 23.3 Å². The Morgan fingerprint density at radius 2 is 2.04 bits per heavy atom. The Kier molecular flexibility index (Phi) is 5.32. The minimum Gasteiger partial charge on any atom is -0.356 e. The first-order valence-corrected chi connectivity index (χ1v) is 8.60. The van der Waals surface area contributed by atoms with Crippen molar-refractivity contribution in [1.82, 2.24) is 9.97 Å². The van der Waals surface area contributed by atoms with Gasteiger partial charge < -0.3 is 10.2 Å². The van der Waals surface area contributed by atoms with Gasteiger partial charge in [0.25, 0.3) is 5.69 Å². The summed E-state index contributed by atoms with van der Waals surface area (Å²) < 4.78 is 0. The summed E-state index contributed by atoms with van der Waals surface area (Å²) in [6, 6.07) is 4.86. The molecule has 1 aliphatic heterocycles. The number of hydrogen-bond acceptors (Lipinski definition) is 6. The number of nitrogens with zero attached hydrogens (tertiary/aromatic N) is 4. The number of hydrogen-bond donors (Lipinski definition) is 1. The van der Waals surface area contributed by atoms with Crippen molar-refractivity contribution >= 4 is 34.8 Å². The van der Waals surface area contributed by atoms with E-state index in [4.69, 9.17) is 11.6 Å². The van der Waals surface area contributed by atoms with Crippen molar-refractivity contribution in [3.8, 4) is 0 Å². The van der Waals surface area contributed by atoms with E-state index in [1.807, 2.05) is 0 Å². The molecule has 0 aromatic carbocycles. The highest BCUT2D eigenvalue weighted by Crippen LogP contribution is 2.27. The number of amides is 1. The second-order valence-electron chi connectivity index (χ2n) is 6.20. The second kappa shape index (κ2) is 7.65. The molecule has 0 radical (unpaired) electrons. The molecular weight excluding hydrogens is 358 g/mol. The Balaban J connectivity index is 1.59. The first-order valence-electron chi connectivity index (χ1n) is 8.22. The van der Waals surface area contributed by atoms with Gasteiger partial charge in [-0.2, -0.15) is 0 Å². The molecule has 1 fully saturated rings. The van der Waals surface area contributed by atoms with Gasteiger partial charge in [0.1, 0.15) is 17.8 Å². The van der Waals surface area contributed by atoms with E-state index in [9.17, 15) is 14.9 Å². The molecule has 0 spiro atoms. The SMILES string of the molecule is Cc1cc([N+](=O)[O-])cnc1N1CCC(C(=O)Nc2ccc(Cl)cn2)CC1. The average Bonchev–Trinajstić information content (AvgIpc) is 2.63. The van der Waals surface area contributed by atoms with Crippen LogP contribution in [0.15, 0.2) is 30.6 Å². The lowest BCUT2D eigenvalue weighted by molar-refractivity contribution is -0.385. The van der Waals surface area contributed by atoms with Gasteiger partial charge in [0.05, 0.1) is 9.95 Å². The summed E-state index contributed by atoms with van der Waals surface area (Å²) in [6.45, 7) is 3.13. The van der Waals surface area contributed by atoms with Crippen LogP contribution in [0.1, 0.15) is 18.4 Å². The van der Waals surface area contributed by atoms with Crippen LogP contribution in [0.4, 0.5) is 17.3 Å². The predicted molar refractivity (Wildman–Crippen MR) is 98.4 cm³/mol. The zero-order valence-electron chi connectivity index (χ0n) is 14.2. The number of carbonyl (C=O) groups excluding carboxylic acids is 1. The number of aryl methyl sites for hydroxylation is 1. The van der Waals surface area contributed by atoms with Crippen LogP contribution in [0.2, 0.25) is 5.02 Å². The Bertz CT molecular complexity index is 820. The van der Waals surface area contributed by atoms with Gasteiger partial charge in [-0.25, -0.2) is 9.97 Å². The van der Waals surface area contributed by atoms with Crippen LogP contribution < -0.4 is 10.2 Å². The molecule has 2 aromatic heterocycles. The number of nitro groups is 1. The number of piperidine rings is 1. The Morgan fingerprint density at radius 1 is 1.31 bits per heavy atom.